The monoisotopic (exact) mass is 439 g/mol. The van der Waals surface area contributed by atoms with Crippen molar-refractivity contribution in [2.45, 2.75) is 51.3 Å². The summed E-state index contributed by atoms with van der Waals surface area (Å²) in [7, 11) is 0. The van der Waals surface area contributed by atoms with E-state index in [4.69, 9.17) is 4.74 Å². The summed E-state index contributed by atoms with van der Waals surface area (Å²) in [5, 5.41) is 0. The van der Waals surface area contributed by atoms with Gasteiger partial charge in [-0.15, -0.1) is 0 Å². The molecule has 1 aromatic carbocycles. The van der Waals surface area contributed by atoms with Crippen molar-refractivity contribution in [1.82, 2.24) is 14.5 Å². The molecule has 168 valence electrons. The highest BCUT2D eigenvalue weighted by atomic mass is 19.4. The Balaban J connectivity index is 1.80. The predicted molar refractivity (Wildman–Crippen MR) is 109 cm³/mol. The van der Waals surface area contributed by atoms with Crippen molar-refractivity contribution in [3.63, 3.8) is 0 Å². The third-order valence-electron chi connectivity index (χ3n) is 5.04. The quantitative estimate of drug-likeness (QED) is 0.558. The van der Waals surface area contributed by atoms with Crippen molar-refractivity contribution in [3.8, 4) is 11.3 Å². The van der Waals surface area contributed by atoms with Gasteiger partial charge in [0, 0.05) is 37.0 Å². The second kappa shape index (κ2) is 8.36. The number of hydrogen-bond acceptors (Lipinski definition) is 3. The minimum absolute atomic E-state index is 0.00651. The molecule has 0 bridgehead atoms. The van der Waals surface area contributed by atoms with E-state index in [1.165, 1.54) is 12.3 Å². The Bertz CT molecular complexity index is 968. The summed E-state index contributed by atoms with van der Waals surface area (Å²) in [6.07, 6.45) is -0.805. The number of nitrogens with zero attached hydrogens (tertiary/aromatic N) is 3. The number of halogens is 4. The molecule has 0 radical (unpaired) electrons. The van der Waals surface area contributed by atoms with Crippen LogP contribution in [0.15, 0.2) is 31.0 Å². The van der Waals surface area contributed by atoms with E-state index in [-0.39, 0.29) is 17.6 Å². The lowest BCUT2D eigenvalue weighted by molar-refractivity contribution is -0.139. The van der Waals surface area contributed by atoms with Crippen LogP contribution in [-0.2, 0) is 10.9 Å². The zero-order chi connectivity index (χ0) is 23.0. The van der Waals surface area contributed by atoms with Crippen molar-refractivity contribution in [3.05, 3.63) is 48.2 Å². The number of carbonyl (C=O) groups is 1. The lowest BCUT2D eigenvalue weighted by Crippen LogP contribution is -2.41. The van der Waals surface area contributed by atoms with Gasteiger partial charge in [-0.25, -0.2) is 14.2 Å². The van der Waals surface area contributed by atoms with Crippen molar-refractivity contribution in [1.29, 1.82) is 0 Å². The smallest absolute Gasteiger partial charge is 0.419 e. The molecule has 1 fully saturated rings. The maximum atomic E-state index is 13.6. The first-order valence-corrected chi connectivity index (χ1v) is 9.95. The summed E-state index contributed by atoms with van der Waals surface area (Å²) in [4.78, 5) is 18.4. The van der Waals surface area contributed by atoms with Crippen molar-refractivity contribution >= 4 is 12.3 Å². The molecule has 1 aliphatic heterocycles. The minimum Gasteiger partial charge on any atom is -0.444 e. The van der Waals surface area contributed by atoms with Gasteiger partial charge < -0.3 is 14.2 Å². The highest BCUT2D eigenvalue weighted by molar-refractivity contribution is 5.68. The first-order valence-electron chi connectivity index (χ1n) is 9.95. The van der Waals surface area contributed by atoms with Crippen LogP contribution in [0.5, 0.6) is 0 Å². The van der Waals surface area contributed by atoms with Gasteiger partial charge in [0.1, 0.15) is 17.2 Å². The molecule has 1 saturated heterocycles. The first-order chi connectivity index (χ1) is 14.4. The van der Waals surface area contributed by atoms with E-state index in [1.807, 2.05) is 0 Å². The predicted octanol–water partition coefficient (Wildman–Crippen LogP) is 5.92. The van der Waals surface area contributed by atoms with Crippen LogP contribution in [0.4, 0.5) is 22.4 Å². The molecule has 1 amide bonds. The summed E-state index contributed by atoms with van der Waals surface area (Å²) in [5.41, 5.74) is -1.44. The Kier molecular flexibility index (Phi) is 6.16. The van der Waals surface area contributed by atoms with E-state index in [0.29, 0.717) is 37.4 Å². The number of hydrogen-bond donors (Lipinski definition) is 0. The highest BCUT2D eigenvalue weighted by Crippen LogP contribution is 2.35. The fourth-order valence-electron chi connectivity index (χ4n) is 3.54. The van der Waals surface area contributed by atoms with Crippen molar-refractivity contribution in [2.75, 3.05) is 13.1 Å². The molecule has 0 aliphatic carbocycles. The van der Waals surface area contributed by atoms with E-state index >= 15 is 0 Å². The second-order valence-corrected chi connectivity index (χ2v) is 8.51. The van der Waals surface area contributed by atoms with Crippen LogP contribution in [0.3, 0.4) is 0 Å². The number of piperidine rings is 1. The van der Waals surface area contributed by atoms with Crippen LogP contribution in [0.25, 0.3) is 17.5 Å². The summed E-state index contributed by atoms with van der Waals surface area (Å²) >= 11 is 0. The van der Waals surface area contributed by atoms with Gasteiger partial charge >= 0.3 is 12.3 Å². The third kappa shape index (κ3) is 5.26. The van der Waals surface area contributed by atoms with Crippen molar-refractivity contribution < 1.29 is 27.1 Å². The fraction of sp³-hybridized carbons (Fsp3) is 0.455. The summed E-state index contributed by atoms with van der Waals surface area (Å²) in [5.74, 6) is -0.686. The average molecular weight is 439 g/mol. The molecule has 0 atom stereocenters. The molecule has 1 aliphatic rings. The lowest BCUT2D eigenvalue weighted by Gasteiger charge is -2.33. The normalized spacial score (nSPS) is 15.8. The largest absolute Gasteiger partial charge is 0.444 e. The molecule has 5 nitrogen and oxygen atoms in total. The molecule has 0 spiro atoms. The Morgan fingerprint density at radius 2 is 1.87 bits per heavy atom. The van der Waals surface area contributed by atoms with E-state index < -0.39 is 23.2 Å². The van der Waals surface area contributed by atoms with Crippen LogP contribution in [0, 0.1) is 5.82 Å². The van der Waals surface area contributed by atoms with E-state index in [2.05, 4.69) is 11.6 Å². The molecule has 2 heterocycles. The van der Waals surface area contributed by atoms with Crippen molar-refractivity contribution in [2.24, 2.45) is 0 Å². The summed E-state index contributed by atoms with van der Waals surface area (Å²) < 4.78 is 59.9. The zero-order valence-electron chi connectivity index (χ0n) is 17.7. The molecule has 0 saturated carbocycles. The number of alkyl halides is 3. The molecule has 3 rings (SSSR count). The van der Waals surface area contributed by atoms with Gasteiger partial charge in [0.15, 0.2) is 0 Å². The third-order valence-corrected chi connectivity index (χ3v) is 5.04. The Hall–Kier alpha value is -2.84. The van der Waals surface area contributed by atoms with Gasteiger partial charge in [-0.05, 0) is 51.8 Å². The number of rotatable bonds is 3. The first kappa shape index (κ1) is 22.8. The molecular weight excluding hydrogens is 414 g/mol. The Morgan fingerprint density at radius 1 is 1.23 bits per heavy atom. The number of amides is 1. The SMILES string of the molecule is C=Cn1cc(-c2ccc(F)c(C(F)(F)F)c2)nc1C1CCN(C(=O)OC(C)(C)C)CC1. The van der Waals surface area contributed by atoms with Crippen LogP contribution < -0.4 is 0 Å². The fourth-order valence-corrected chi connectivity index (χ4v) is 3.54. The molecular formula is C22H25F4N3O2. The van der Waals surface area contributed by atoms with Gasteiger partial charge in [0.25, 0.3) is 0 Å². The Labute approximate surface area is 178 Å². The molecule has 31 heavy (non-hydrogen) atoms. The van der Waals surface area contributed by atoms with Gasteiger partial charge in [-0.1, -0.05) is 6.58 Å². The average Bonchev–Trinajstić information content (AvgIpc) is 3.10. The van der Waals surface area contributed by atoms with E-state index in [0.717, 1.165) is 12.1 Å². The van der Waals surface area contributed by atoms with E-state index in [9.17, 15) is 22.4 Å². The van der Waals surface area contributed by atoms with Gasteiger partial charge in [-0.3, -0.25) is 0 Å². The molecule has 1 aromatic heterocycles. The number of ether oxygens (including phenoxy) is 1. The molecule has 9 heteroatoms. The number of aromatic nitrogens is 2. The van der Waals surface area contributed by atoms with Gasteiger partial charge in [0.05, 0.1) is 11.3 Å². The Morgan fingerprint density at radius 3 is 2.42 bits per heavy atom. The van der Waals surface area contributed by atoms with Crippen LogP contribution >= 0.6 is 0 Å². The lowest BCUT2D eigenvalue weighted by atomic mass is 9.96. The molecule has 2 aromatic rings. The maximum absolute atomic E-state index is 13.6. The summed E-state index contributed by atoms with van der Waals surface area (Å²) in [6, 6.07) is 2.83. The van der Waals surface area contributed by atoms with Crippen LogP contribution in [-0.4, -0.2) is 39.2 Å². The maximum Gasteiger partial charge on any atom is 0.419 e. The number of carbonyl (C=O) groups excluding carboxylic acids is 1. The number of imidazole rings is 1. The number of likely N-dealkylation sites (tertiary alicyclic amines) is 1. The van der Waals surface area contributed by atoms with Gasteiger partial charge in [0.2, 0.25) is 0 Å². The number of benzene rings is 1. The van der Waals surface area contributed by atoms with Gasteiger partial charge in [-0.2, -0.15) is 13.2 Å². The highest BCUT2D eigenvalue weighted by Gasteiger charge is 2.35. The minimum atomic E-state index is -4.79. The zero-order valence-corrected chi connectivity index (χ0v) is 17.7. The standard InChI is InChI=1S/C22H25F4N3O2/c1-5-28-13-18(15-6-7-17(23)16(12-15)22(24,25)26)27-19(28)14-8-10-29(11-9-14)20(30)31-21(2,3)4/h5-7,12-14H,1,8-11H2,2-4H3. The van der Waals surface area contributed by atoms with Crippen LogP contribution in [0.1, 0.15) is 50.9 Å². The van der Waals surface area contributed by atoms with Crippen LogP contribution in [0.2, 0.25) is 0 Å². The molecule has 0 unspecified atom stereocenters. The second-order valence-electron chi connectivity index (χ2n) is 8.51. The molecule has 0 N–H and O–H groups in total. The van der Waals surface area contributed by atoms with E-state index in [1.54, 1.807) is 36.4 Å². The topological polar surface area (TPSA) is 47.4 Å². The summed E-state index contributed by atoms with van der Waals surface area (Å²) in [6.45, 7) is 10.1.